The van der Waals surface area contributed by atoms with E-state index in [1.54, 1.807) is 20.8 Å². The van der Waals surface area contributed by atoms with Crippen molar-refractivity contribution in [2.45, 2.75) is 121 Å². The van der Waals surface area contributed by atoms with Crippen LogP contribution in [0.15, 0.2) is 66.7 Å². The van der Waals surface area contributed by atoms with E-state index in [4.69, 9.17) is 14.5 Å². The number of aromatic nitrogens is 2. The Labute approximate surface area is 323 Å². The van der Waals surface area contributed by atoms with Crippen LogP contribution >= 0.6 is 0 Å². The third-order valence-electron chi connectivity index (χ3n) is 11.2. The number of carbonyl (C=O) groups is 4. The molecule has 2 amide bonds. The van der Waals surface area contributed by atoms with E-state index in [1.807, 2.05) is 71.3 Å². The van der Waals surface area contributed by atoms with E-state index in [0.29, 0.717) is 44.7 Å². The largest absolute Gasteiger partial charge is 0.460 e. The number of hydrogen-bond acceptors (Lipinski definition) is 9. The van der Waals surface area contributed by atoms with Gasteiger partial charge >= 0.3 is 5.97 Å². The van der Waals surface area contributed by atoms with Crippen molar-refractivity contribution in [3.63, 3.8) is 0 Å². The molecule has 12 nitrogen and oxygen atoms in total. The Hall–Kier alpha value is -4.52. The number of carbonyl (C=O) groups excluding carboxylic acids is 4. The van der Waals surface area contributed by atoms with Gasteiger partial charge in [0, 0.05) is 18.8 Å². The summed E-state index contributed by atoms with van der Waals surface area (Å²) in [6.45, 7) is 5.92. The highest BCUT2D eigenvalue weighted by Gasteiger charge is 2.61. The monoisotopic (exact) mass is 772 g/mol. The van der Waals surface area contributed by atoms with Crippen LogP contribution in [0, 0.1) is 17.3 Å². The quantitative estimate of drug-likeness (QED) is 0.208. The summed E-state index contributed by atoms with van der Waals surface area (Å²) >= 11 is 0. The number of sulfonamides is 1. The van der Waals surface area contributed by atoms with E-state index < -0.39 is 56.2 Å². The van der Waals surface area contributed by atoms with Crippen molar-refractivity contribution in [1.29, 1.82) is 0 Å². The van der Waals surface area contributed by atoms with Gasteiger partial charge in [-0.1, -0.05) is 67.5 Å². The standard InChI is InChI=1S/C42H52N4O8S/c1-41(2,3)54-37(48)22-29-16-10-5-4-6-11-17-30-24-42(30,39(50)44-55(51,52)32-20-21-32)25-36(47)35-23-31(27-45(35)38(29)49)53-40-43-33-18-12-13-19-34(33)46(40)26-28-14-8-7-9-15-28/h7-9,11-15,17-19,29-32,35H,4-6,10,16,20-27H2,1-3H3,(H,44,50)/b17-11-/t29-,30+,31-,35+,42-/m1/s1. The average molecular weight is 773 g/mol. The van der Waals surface area contributed by atoms with Gasteiger partial charge in [0.05, 0.1) is 47.3 Å². The Morgan fingerprint density at radius 2 is 1.73 bits per heavy atom. The highest BCUT2D eigenvalue weighted by Crippen LogP contribution is 2.57. The number of nitrogens with zero attached hydrogens (tertiary/aromatic N) is 3. The molecule has 4 aliphatic rings. The normalized spacial score (nSPS) is 27.0. The van der Waals surface area contributed by atoms with Crippen LogP contribution in [0.4, 0.5) is 0 Å². The second-order valence-corrected chi connectivity index (χ2v) is 18.7. The fourth-order valence-electron chi connectivity index (χ4n) is 8.12. The molecule has 13 heteroatoms. The Morgan fingerprint density at radius 3 is 2.47 bits per heavy atom. The van der Waals surface area contributed by atoms with Crippen LogP contribution in [0.5, 0.6) is 6.01 Å². The number of nitrogens with one attached hydrogen (secondary N) is 1. The van der Waals surface area contributed by atoms with E-state index >= 15 is 0 Å². The van der Waals surface area contributed by atoms with Crippen LogP contribution in [0.1, 0.15) is 97.0 Å². The molecule has 2 aromatic carbocycles. The molecule has 55 heavy (non-hydrogen) atoms. The minimum atomic E-state index is -3.84. The Balaban J connectivity index is 1.20. The Kier molecular flexibility index (Phi) is 11.0. The second kappa shape index (κ2) is 15.5. The summed E-state index contributed by atoms with van der Waals surface area (Å²) in [5, 5.41) is -0.590. The predicted octanol–water partition coefficient (Wildman–Crippen LogP) is 5.88. The molecule has 3 aromatic rings. The molecule has 1 aromatic heterocycles. The Bertz CT molecular complexity index is 2070. The molecule has 0 bridgehead atoms. The van der Waals surface area contributed by atoms with Gasteiger partial charge in [0.15, 0.2) is 5.78 Å². The molecule has 3 heterocycles. The topological polar surface area (TPSA) is 154 Å². The molecule has 2 aliphatic carbocycles. The van der Waals surface area contributed by atoms with E-state index in [0.717, 1.165) is 35.9 Å². The van der Waals surface area contributed by atoms with E-state index in [9.17, 15) is 27.6 Å². The van der Waals surface area contributed by atoms with Crippen LogP contribution in [0.2, 0.25) is 0 Å². The van der Waals surface area contributed by atoms with Crippen LogP contribution in [0.3, 0.4) is 0 Å². The van der Waals surface area contributed by atoms with Gasteiger partial charge in [0.25, 0.3) is 6.01 Å². The smallest absolute Gasteiger partial charge is 0.307 e. The number of para-hydroxylation sites is 2. The van der Waals surface area contributed by atoms with Gasteiger partial charge in [-0.25, -0.2) is 8.42 Å². The first-order valence-corrected chi connectivity index (χ1v) is 21.2. The van der Waals surface area contributed by atoms with Gasteiger partial charge in [-0.3, -0.25) is 28.5 Å². The highest BCUT2D eigenvalue weighted by atomic mass is 32.2. The van der Waals surface area contributed by atoms with E-state index in [2.05, 4.69) is 4.72 Å². The third-order valence-corrected chi connectivity index (χ3v) is 13.1. The molecule has 1 saturated heterocycles. The minimum absolute atomic E-state index is 0.0766. The zero-order chi connectivity index (χ0) is 39.0. The first kappa shape index (κ1) is 38.7. The average Bonchev–Trinajstić information content (AvgIpc) is 4.03. The summed E-state index contributed by atoms with van der Waals surface area (Å²) < 4.78 is 42.4. The second-order valence-electron chi connectivity index (χ2n) is 16.8. The predicted molar refractivity (Wildman–Crippen MR) is 206 cm³/mol. The number of allylic oxidation sites excluding steroid dienone is 2. The maximum atomic E-state index is 14.7. The number of hydrogen-bond donors (Lipinski definition) is 1. The van der Waals surface area contributed by atoms with Crippen LogP contribution < -0.4 is 9.46 Å². The molecular weight excluding hydrogens is 721 g/mol. The van der Waals surface area contributed by atoms with Crippen molar-refractivity contribution < 1.29 is 37.1 Å². The number of fused-ring (bicyclic) bond motifs is 3. The number of imidazole rings is 1. The van der Waals surface area contributed by atoms with Crippen molar-refractivity contribution >= 4 is 44.6 Å². The lowest BCUT2D eigenvalue weighted by Crippen LogP contribution is -2.46. The van der Waals surface area contributed by atoms with Gasteiger partial charge in [-0.2, -0.15) is 4.98 Å². The SMILES string of the molecule is CC(C)(C)OC(=O)C[C@H]1CCCCC/C=C\[C@H]2C[C@@]2(C(=O)NS(=O)(=O)C2CC2)CC(=O)[C@@H]2C[C@@H](Oc3nc4ccccc4n3Cc3ccccc3)CN2C1=O. The van der Waals surface area contributed by atoms with Crippen molar-refractivity contribution in [2.24, 2.45) is 17.3 Å². The fourth-order valence-corrected chi connectivity index (χ4v) is 9.50. The number of amides is 2. The summed E-state index contributed by atoms with van der Waals surface area (Å²) in [4.78, 5) is 62.6. The molecule has 0 spiro atoms. The molecule has 0 radical (unpaired) electrons. The van der Waals surface area contributed by atoms with Gasteiger partial charge in [-0.05, 0) is 82.9 Å². The molecular formula is C42H52N4O8S. The minimum Gasteiger partial charge on any atom is -0.460 e. The maximum absolute atomic E-state index is 14.7. The van der Waals surface area contributed by atoms with Gasteiger partial charge in [-0.15, -0.1) is 0 Å². The lowest BCUT2D eigenvalue weighted by atomic mass is 9.90. The number of rotatable bonds is 9. The van der Waals surface area contributed by atoms with Crippen LogP contribution in [-0.2, 0) is 40.5 Å². The highest BCUT2D eigenvalue weighted by molar-refractivity contribution is 7.90. The van der Waals surface area contributed by atoms with Crippen molar-refractivity contribution in [1.82, 2.24) is 19.2 Å². The van der Waals surface area contributed by atoms with Gasteiger partial charge < -0.3 is 14.4 Å². The van der Waals surface area contributed by atoms with E-state index in [-0.39, 0.29) is 43.4 Å². The van der Waals surface area contributed by atoms with Gasteiger partial charge in [0.1, 0.15) is 11.7 Å². The molecule has 2 aliphatic heterocycles. The van der Waals surface area contributed by atoms with Gasteiger partial charge in [0.2, 0.25) is 21.8 Å². The summed E-state index contributed by atoms with van der Waals surface area (Å²) in [7, 11) is -3.84. The lowest BCUT2D eigenvalue weighted by Gasteiger charge is -2.29. The van der Waals surface area contributed by atoms with E-state index in [1.165, 1.54) is 4.90 Å². The summed E-state index contributed by atoms with van der Waals surface area (Å²) in [5.74, 6) is -2.83. The number of ketones is 1. The number of ether oxygens (including phenoxy) is 2. The maximum Gasteiger partial charge on any atom is 0.307 e. The first-order chi connectivity index (χ1) is 26.2. The third kappa shape index (κ3) is 8.98. The molecule has 5 atom stereocenters. The Morgan fingerprint density at radius 1 is 0.982 bits per heavy atom. The molecule has 1 N–H and O–H groups in total. The molecule has 2 saturated carbocycles. The fraction of sp³-hybridized carbons (Fsp3) is 0.548. The molecule has 7 rings (SSSR count). The molecule has 0 unspecified atom stereocenters. The molecule has 294 valence electrons. The summed E-state index contributed by atoms with van der Waals surface area (Å²) in [6, 6.07) is 17.1. The summed E-state index contributed by atoms with van der Waals surface area (Å²) in [5.41, 5.74) is 0.701. The molecule has 3 fully saturated rings. The number of benzene rings is 2. The van der Waals surface area contributed by atoms with Crippen LogP contribution in [-0.4, -0.2) is 76.0 Å². The first-order valence-electron chi connectivity index (χ1n) is 19.7. The van der Waals surface area contributed by atoms with Crippen molar-refractivity contribution in [2.75, 3.05) is 6.54 Å². The zero-order valence-electron chi connectivity index (χ0n) is 31.9. The van der Waals surface area contributed by atoms with Crippen LogP contribution in [0.25, 0.3) is 11.0 Å². The zero-order valence-corrected chi connectivity index (χ0v) is 32.8. The number of Topliss-reactive ketones (excluding diaryl/α,β-unsaturated/α-hetero) is 1. The summed E-state index contributed by atoms with van der Waals surface area (Å²) in [6.07, 6.45) is 8.05. The number of esters is 1. The van der Waals surface area contributed by atoms with Crippen molar-refractivity contribution in [3.05, 3.63) is 72.3 Å². The van der Waals surface area contributed by atoms with Crippen molar-refractivity contribution in [3.8, 4) is 6.01 Å². The lowest BCUT2D eigenvalue weighted by molar-refractivity contribution is -0.159.